The Morgan fingerprint density at radius 1 is 1.13 bits per heavy atom. The third-order valence-electron chi connectivity index (χ3n) is 3.30. The Labute approximate surface area is 134 Å². The van der Waals surface area contributed by atoms with E-state index in [0.29, 0.717) is 31.4 Å². The van der Waals surface area contributed by atoms with Crippen LogP contribution in [0.1, 0.15) is 18.6 Å². The Kier molecular flexibility index (Phi) is 4.73. The zero-order valence-corrected chi connectivity index (χ0v) is 13.2. The van der Waals surface area contributed by atoms with E-state index >= 15 is 0 Å². The standard InChI is InChI=1S/C17H19N3O3/c1-3-21-14-8-6-13(7-9-14)17-18-16(23-19-17)12-20(2)11-15-5-4-10-22-15/h4-10H,3,11-12H2,1-2H3. The van der Waals surface area contributed by atoms with E-state index < -0.39 is 0 Å². The second kappa shape index (κ2) is 7.11. The Hall–Kier alpha value is -2.60. The Morgan fingerprint density at radius 2 is 1.96 bits per heavy atom. The maximum Gasteiger partial charge on any atom is 0.241 e. The molecule has 2 aromatic heterocycles. The lowest BCUT2D eigenvalue weighted by Gasteiger charge is -2.11. The van der Waals surface area contributed by atoms with Gasteiger partial charge in [-0.05, 0) is 50.4 Å². The molecule has 3 rings (SSSR count). The third-order valence-corrected chi connectivity index (χ3v) is 3.30. The molecule has 0 unspecified atom stereocenters. The van der Waals surface area contributed by atoms with Crippen LogP contribution in [-0.4, -0.2) is 28.7 Å². The molecule has 6 heteroatoms. The maximum absolute atomic E-state index is 5.42. The van der Waals surface area contributed by atoms with Crippen LogP contribution in [0, 0.1) is 0 Å². The Bertz CT molecular complexity index is 720. The van der Waals surface area contributed by atoms with Gasteiger partial charge in [-0.3, -0.25) is 4.90 Å². The van der Waals surface area contributed by atoms with E-state index in [1.165, 1.54) is 0 Å². The van der Waals surface area contributed by atoms with Crippen molar-refractivity contribution in [2.24, 2.45) is 0 Å². The molecule has 6 nitrogen and oxygen atoms in total. The topological polar surface area (TPSA) is 64.5 Å². The summed E-state index contributed by atoms with van der Waals surface area (Å²) in [5.74, 6) is 2.88. The van der Waals surface area contributed by atoms with Crippen molar-refractivity contribution in [2.75, 3.05) is 13.7 Å². The maximum atomic E-state index is 5.42. The summed E-state index contributed by atoms with van der Waals surface area (Å²) in [5, 5.41) is 4.04. The predicted octanol–water partition coefficient (Wildman–Crippen LogP) is 3.36. The van der Waals surface area contributed by atoms with Gasteiger partial charge in [0.2, 0.25) is 11.7 Å². The molecular weight excluding hydrogens is 294 g/mol. The summed E-state index contributed by atoms with van der Waals surface area (Å²) < 4.78 is 16.1. The molecule has 0 N–H and O–H groups in total. The van der Waals surface area contributed by atoms with E-state index in [1.54, 1.807) is 6.26 Å². The molecule has 0 aliphatic rings. The van der Waals surface area contributed by atoms with Crippen molar-refractivity contribution < 1.29 is 13.7 Å². The van der Waals surface area contributed by atoms with Crippen molar-refractivity contribution >= 4 is 0 Å². The van der Waals surface area contributed by atoms with Crippen molar-refractivity contribution in [3.8, 4) is 17.1 Å². The lowest BCUT2D eigenvalue weighted by Crippen LogP contribution is -2.17. The first-order valence-corrected chi connectivity index (χ1v) is 7.51. The molecule has 2 heterocycles. The molecule has 0 saturated heterocycles. The fourth-order valence-electron chi connectivity index (χ4n) is 2.26. The van der Waals surface area contributed by atoms with Crippen LogP contribution in [0.15, 0.2) is 51.6 Å². The molecular formula is C17H19N3O3. The van der Waals surface area contributed by atoms with E-state index in [4.69, 9.17) is 13.7 Å². The smallest absolute Gasteiger partial charge is 0.241 e. The minimum atomic E-state index is 0.560. The highest BCUT2D eigenvalue weighted by Gasteiger charge is 2.12. The number of hydrogen-bond acceptors (Lipinski definition) is 6. The average molecular weight is 313 g/mol. The van der Waals surface area contributed by atoms with Crippen molar-refractivity contribution in [3.63, 3.8) is 0 Å². The Balaban J connectivity index is 1.63. The van der Waals surface area contributed by atoms with Crippen LogP contribution in [-0.2, 0) is 13.1 Å². The fraction of sp³-hybridized carbons (Fsp3) is 0.294. The molecule has 23 heavy (non-hydrogen) atoms. The number of ether oxygens (including phenoxy) is 1. The molecule has 0 fully saturated rings. The molecule has 0 saturated carbocycles. The molecule has 0 radical (unpaired) electrons. The van der Waals surface area contributed by atoms with Gasteiger partial charge in [0.15, 0.2) is 0 Å². The first-order valence-electron chi connectivity index (χ1n) is 7.51. The molecule has 120 valence electrons. The van der Waals surface area contributed by atoms with Gasteiger partial charge in [0.1, 0.15) is 11.5 Å². The monoisotopic (exact) mass is 313 g/mol. The van der Waals surface area contributed by atoms with Crippen LogP contribution in [0.2, 0.25) is 0 Å². The first kappa shape index (κ1) is 15.3. The summed E-state index contributed by atoms with van der Waals surface area (Å²) in [6.07, 6.45) is 1.67. The van der Waals surface area contributed by atoms with Crippen molar-refractivity contribution in [2.45, 2.75) is 20.0 Å². The number of furan rings is 1. The van der Waals surface area contributed by atoms with Gasteiger partial charge >= 0.3 is 0 Å². The second-order valence-corrected chi connectivity index (χ2v) is 5.22. The largest absolute Gasteiger partial charge is 0.494 e. The summed E-state index contributed by atoms with van der Waals surface area (Å²) in [5.41, 5.74) is 0.900. The summed E-state index contributed by atoms with van der Waals surface area (Å²) in [7, 11) is 1.98. The van der Waals surface area contributed by atoms with Crippen LogP contribution in [0.3, 0.4) is 0 Å². The van der Waals surface area contributed by atoms with Gasteiger partial charge in [0, 0.05) is 5.56 Å². The fourth-order valence-corrected chi connectivity index (χ4v) is 2.26. The summed E-state index contributed by atoms with van der Waals surface area (Å²) in [4.78, 5) is 6.48. The molecule has 0 amide bonds. The number of nitrogens with zero attached hydrogens (tertiary/aromatic N) is 3. The van der Waals surface area contributed by atoms with Gasteiger partial charge in [-0.2, -0.15) is 4.98 Å². The minimum absolute atomic E-state index is 0.560. The molecule has 0 atom stereocenters. The summed E-state index contributed by atoms with van der Waals surface area (Å²) in [6, 6.07) is 11.5. The van der Waals surface area contributed by atoms with Crippen molar-refractivity contribution in [1.29, 1.82) is 0 Å². The van der Waals surface area contributed by atoms with E-state index in [1.807, 2.05) is 55.3 Å². The molecule has 0 aliphatic carbocycles. The molecule has 0 spiro atoms. The van der Waals surface area contributed by atoms with Gasteiger partial charge in [0.25, 0.3) is 0 Å². The molecule has 0 aliphatic heterocycles. The van der Waals surface area contributed by atoms with E-state index in [9.17, 15) is 0 Å². The third kappa shape index (κ3) is 3.98. The van der Waals surface area contributed by atoms with Gasteiger partial charge in [0.05, 0.1) is 26.0 Å². The normalized spacial score (nSPS) is 11.1. The van der Waals surface area contributed by atoms with E-state index in [2.05, 4.69) is 10.1 Å². The first-order chi connectivity index (χ1) is 11.2. The zero-order chi connectivity index (χ0) is 16.1. The van der Waals surface area contributed by atoms with Crippen LogP contribution in [0.5, 0.6) is 5.75 Å². The summed E-state index contributed by atoms with van der Waals surface area (Å²) in [6.45, 7) is 3.85. The van der Waals surface area contributed by atoms with Gasteiger partial charge in [-0.25, -0.2) is 0 Å². The summed E-state index contributed by atoms with van der Waals surface area (Å²) >= 11 is 0. The van der Waals surface area contributed by atoms with Crippen molar-refractivity contribution in [3.05, 3.63) is 54.3 Å². The van der Waals surface area contributed by atoms with E-state index in [0.717, 1.165) is 17.1 Å². The SMILES string of the molecule is CCOc1ccc(-c2noc(CN(C)Cc3ccco3)n2)cc1. The van der Waals surface area contributed by atoms with Crippen LogP contribution < -0.4 is 4.74 Å². The molecule has 1 aromatic carbocycles. The van der Waals surface area contributed by atoms with Gasteiger partial charge in [-0.15, -0.1) is 0 Å². The van der Waals surface area contributed by atoms with Crippen LogP contribution in [0.4, 0.5) is 0 Å². The average Bonchev–Trinajstić information content (AvgIpc) is 3.20. The quantitative estimate of drug-likeness (QED) is 0.666. The zero-order valence-electron chi connectivity index (χ0n) is 13.2. The highest BCUT2D eigenvalue weighted by atomic mass is 16.5. The number of benzene rings is 1. The van der Waals surface area contributed by atoms with Gasteiger partial charge in [-0.1, -0.05) is 5.16 Å². The van der Waals surface area contributed by atoms with Crippen molar-refractivity contribution in [1.82, 2.24) is 15.0 Å². The number of hydrogen-bond donors (Lipinski definition) is 0. The predicted molar refractivity (Wildman–Crippen MR) is 84.8 cm³/mol. The Morgan fingerprint density at radius 3 is 2.65 bits per heavy atom. The molecule has 0 bridgehead atoms. The highest BCUT2D eigenvalue weighted by molar-refractivity contribution is 5.55. The second-order valence-electron chi connectivity index (χ2n) is 5.22. The van der Waals surface area contributed by atoms with Crippen LogP contribution in [0.25, 0.3) is 11.4 Å². The van der Waals surface area contributed by atoms with E-state index in [-0.39, 0.29) is 0 Å². The van der Waals surface area contributed by atoms with Crippen LogP contribution >= 0.6 is 0 Å². The highest BCUT2D eigenvalue weighted by Crippen LogP contribution is 2.20. The van der Waals surface area contributed by atoms with Gasteiger partial charge < -0.3 is 13.7 Å². The lowest BCUT2D eigenvalue weighted by molar-refractivity contribution is 0.244. The molecule has 3 aromatic rings. The lowest BCUT2D eigenvalue weighted by atomic mass is 10.2. The number of rotatable bonds is 7. The number of aromatic nitrogens is 2. The minimum Gasteiger partial charge on any atom is -0.494 e.